The van der Waals surface area contributed by atoms with Gasteiger partial charge in [0.25, 0.3) is 0 Å². The molecule has 106 valence electrons. The average molecular weight is 460 g/mol. The number of ether oxygens (including phenoxy) is 1. The van der Waals surface area contributed by atoms with E-state index in [-0.39, 0.29) is 10.2 Å². The van der Waals surface area contributed by atoms with Gasteiger partial charge in [-0.25, -0.2) is 9.97 Å². The van der Waals surface area contributed by atoms with Crippen molar-refractivity contribution in [3.63, 3.8) is 0 Å². The summed E-state index contributed by atoms with van der Waals surface area (Å²) in [5.41, 5.74) is 0.572. The predicted octanol–water partition coefficient (Wildman–Crippen LogP) is 4.49. The topological polar surface area (TPSA) is 47.0 Å². The molecule has 4 nitrogen and oxygen atoms in total. The number of alkyl halides is 3. The molecule has 0 fully saturated rings. The first-order chi connectivity index (χ1) is 9.35. The Balaban J connectivity index is 2.19. The van der Waals surface area contributed by atoms with Crippen LogP contribution in [0.4, 0.5) is 24.7 Å². The molecule has 1 heterocycles. The lowest BCUT2D eigenvalue weighted by molar-refractivity contribution is -0.274. The van der Waals surface area contributed by atoms with Gasteiger partial charge in [-0.05, 0) is 56.7 Å². The van der Waals surface area contributed by atoms with Crippen LogP contribution in [0.2, 0.25) is 0 Å². The zero-order valence-corrected chi connectivity index (χ0v) is 13.3. The molecule has 9 heteroatoms. The van der Waals surface area contributed by atoms with E-state index in [2.05, 4.69) is 36.0 Å². The Labute approximate surface area is 134 Å². The van der Waals surface area contributed by atoms with Crippen molar-refractivity contribution in [3.05, 3.63) is 38.8 Å². The Hall–Kier alpha value is -1.10. The van der Waals surface area contributed by atoms with Crippen molar-refractivity contribution in [1.82, 2.24) is 9.97 Å². The Morgan fingerprint density at radius 3 is 2.65 bits per heavy atom. The summed E-state index contributed by atoms with van der Waals surface area (Å²) in [6.45, 7) is 0. The van der Waals surface area contributed by atoms with Crippen LogP contribution in [-0.4, -0.2) is 16.3 Å². The highest BCUT2D eigenvalue weighted by molar-refractivity contribution is 14.1. The van der Waals surface area contributed by atoms with Crippen molar-refractivity contribution < 1.29 is 17.9 Å². The first kappa shape index (κ1) is 15.3. The quantitative estimate of drug-likeness (QED) is 0.687. The highest BCUT2D eigenvalue weighted by atomic mass is 127. The van der Waals surface area contributed by atoms with Crippen LogP contribution >= 0.6 is 38.5 Å². The van der Waals surface area contributed by atoms with E-state index in [4.69, 9.17) is 0 Å². The first-order valence-electron chi connectivity index (χ1n) is 5.13. The lowest BCUT2D eigenvalue weighted by atomic mass is 10.3. The second-order valence-corrected chi connectivity index (χ2v) is 5.55. The summed E-state index contributed by atoms with van der Waals surface area (Å²) in [7, 11) is 0. The number of nitrogens with zero attached hydrogens (tertiary/aromatic N) is 2. The van der Waals surface area contributed by atoms with Gasteiger partial charge in [0.2, 0.25) is 0 Å². The van der Waals surface area contributed by atoms with E-state index in [1.54, 1.807) is 6.20 Å². The van der Waals surface area contributed by atoms with Crippen molar-refractivity contribution in [3.8, 4) is 5.75 Å². The number of anilines is 2. The number of halogens is 5. The summed E-state index contributed by atoms with van der Waals surface area (Å²) in [4.78, 5) is 7.87. The molecule has 0 radical (unpaired) electrons. The van der Waals surface area contributed by atoms with Crippen molar-refractivity contribution in [2.45, 2.75) is 6.36 Å². The Bertz CT molecular complexity index is 624. The maximum atomic E-state index is 12.1. The molecule has 0 saturated heterocycles. The summed E-state index contributed by atoms with van der Waals surface area (Å²) in [5.74, 6) is 0.262. The normalized spacial score (nSPS) is 11.2. The number of benzene rings is 1. The summed E-state index contributed by atoms with van der Waals surface area (Å²) in [5, 5.41) is 2.98. The highest BCUT2D eigenvalue weighted by Crippen LogP contribution is 2.33. The van der Waals surface area contributed by atoms with E-state index < -0.39 is 6.36 Å². The molecule has 0 aliphatic carbocycles. The molecular formula is C11H6BrF3IN3O. The van der Waals surface area contributed by atoms with Gasteiger partial charge < -0.3 is 10.1 Å². The number of aromatic nitrogens is 2. The molecule has 0 bridgehead atoms. The molecule has 0 aliphatic heterocycles. The average Bonchev–Trinajstić information content (AvgIpc) is 2.34. The second-order valence-electron chi connectivity index (χ2n) is 3.54. The second kappa shape index (κ2) is 6.12. The summed E-state index contributed by atoms with van der Waals surface area (Å²) < 4.78 is 41.3. The molecule has 1 N–H and O–H groups in total. The van der Waals surface area contributed by atoms with Crippen molar-refractivity contribution in [1.29, 1.82) is 0 Å². The summed E-state index contributed by atoms with van der Waals surface area (Å²) in [6, 6.07) is 4.15. The molecule has 0 unspecified atom stereocenters. The highest BCUT2D eigenvalue weighted by Gasteiger charge is 2.31. The van der Waals surface area contributed by atoms with Gasteiger partial charge in [0.05, 0.1) is 8.04 Å². The van der Waals surface area contributed by atoms with Crippen LogP contribution in [0, 0.1) is 3.57 Å². The molecular weight excluding hydrogens is 454 g/mol. The van der Waals surface area contributed by atoms with Crippen molar-refractivity contribution >= 4 is 50.0 Å². The van der Waals surface area contributed by atoms with Gasteiger partial charge in [0, 0.05) is 11.9 Å². The Morgan fingerprint density at radius 2 is 2.05 bits per heavy atom. The van der Waals surface area contributed by atoms with Gasteiger partial charge in [0.1, 0.15) is 17.9 Å². The van der Waals surface area contributed by atoms with E-state index in [1.807, 2.05) is 22.6 Å². The van der Waals surface area contributed by atoms with Crippen LogP contribution in [-0.2, 0) is 0 Å². The third-order valence-corrected chi connectivity index (χ3v) is 3.50. The van der Waals surface area contributed by atoms with Crippen LogP contribution < -0.4 is 10.1 Å². The molecule has 0 amide bonds. The van der Waals surface area contributed by atoms with Gasteiger partial charge in [-0.3, -0.25) is 0 Å². The molecule has 0 saturated carbocycles. The van der Waals surface area contributed by atoms with Crippen LogP contribution in [0.15, 0.2) is 35.2 Å². The van der Waals surface area contributed by atoms with Gasteiger partial charge in [-0.15, -0.1) is 13.2 Å². The van der Waals surface area contributed by atoms with E-state index in [0.29, 0.717) is 11.5 Å². The minimum absolute atomic E-state index is 0.184. The summed E-state index contributed by atoms with van der Waals surface area (Å²) >= 11 is 5.08. The van der Waals surface area contributed by atoms with E-state index in [1.165, 1.54) is 24.5 Å². The van der Waals surface area contributed by atoms with E-state index in [9.17, 15) is 13.2 Å². The largest absolute Gasteiger partial charge is 0.573 e. The van der Waals surface area contributed by atoms with Gasteiger partial charge >= 0.3 is 6.36 Å². The van der Waals surface area contributed by atoms with E-state index in [0.717, 1.165) is 3.57 Å². The maximum Gasteiger partial charge on any atom is 0.573 e. The van der Waals surface area contributed by atoms with Gasteiger partial charge in [-0.2, -0.15) is 0 Å². The van der Waals surface area contributed by atoms with Crippen molar-refractivity contribution in [2.75, 3.05) is 5.32 Å². The molecule has 1 aromatic carbocycles. The molecule has 0 aliphatic rings. The first-order valence-corrected chi connectivity index (χ1v) is 7.00. The zero-order chi connectivity index (χ0) is 14.8. The number of hydrogen-bond donors (Lipinski definition) is 1. The minimum Gasteiger partial charge on any atom is -0.405 e. The monoisotopic (exact) mass is 459 g/mol. The van der Waals surface area contributed by atoms with Crippen LogP contribution in [0.25, 0.3) is 0 Å². The fraction of sp³-hybridized carbons (Fsp3) is 0.0909. The molecule has 2 rings (SSSR count). The molecule has 20 heavy (non-hydrogen) atoms. The fourth-order valence-corrected chi connectivity index (χ4v) is 2.22. The lowest BCUT2D eigenvalue weighted by Crippen LogP contribution is -2.17. The smallest absolute Gasteiger partial charge is 0.405 e. The van der Waals surface area contributed by atoms with Gasteiger partial charge in [-0.1, -0.05) is 0 Å². The lowest BCUT2D eigenvalue weighted by Gasteiger charge is -2.12. The standard InChI is InChI=1S/C11H6BrF3IN3O/c12-7-3-6(1-2-9(7)20-11(13,14)15)19-10-8(16)4-17-5-18-10/h1-5H,(H,17,18,19). The molecule has 2 aromatic rings. The SMILES string of the molecule is FC(F)(F)Oc1ccc(Nc2ncncc2I)cc1Br. The molecule has 0 spiro atoms. The van der Waals surface area contributed by atoms with E-state index >= 15 is 0 Å². The Kier molecular flexibility index (Phi) is 4.68. The molecule has 0 atom stereocenters. The van der Waals surface area contributed by atoms with Crippen LogP contribution in [0.1, 0.15) is 0 Å². The number of rotatable bonds is 3. The Morgan fingerprint density at radius 1 is 1.30 bits per heavy atom. The number of nitrogens with one attached hydrogen (secondary N) is 1. The predicted molar refractivity (Wildman–Crippen MR) is 78.9 cm³/mol. The fourth-order valence-electron chi connectivity index (χ4n) is 1.33. The van der Waals surface area contributed by atoms with Crippen LogP contribution in [0.5, 0.6) is 5.75 Å². The minimum atomic E-state index is -4.72. The zero-order valence-electron chi connectivity index (χ0n) is 9.58. The number of hydrogen-bond acceptors (Lipinski definition) is 4. The van der Waals surface area contributed by atoms with Crippen molar-refractivity contribution in [2.24, 2.45) is 0 Å². The maximum absolute atomic E-state index is 12.1. The van der Waals surface area contributed by atoms with Gasteiger partial charge in [0.15, 0.2) is 0 Å². The third-order valence-electron chi connectivity index (χ3n) is 2.09. The van der Waals surface area contributed by atoms with Crippen LogP contribution in [0.3, 0.4) is 0 Å². The summed E-state index contributed by atoms with van der Waals surface area (Å²) in [6.07, 6.45) is -1.73. The molecule has 1 aromatic heterocycles. The third kappa shape index (κ3) is 4.20.